The molecule has 1 N–H and O–H groups in total. The SMILES string of the molecule is c1cncc(CCOC2CCNC2)c1. The van der Waals surface area contributed by atoms with E-state index in [0.29, 0.717) is 6.10 Å². The highest BCUT2D eigenvalue weighted by atomic mass is 16.5. The van der Waals surface area contributed by atoms with Crippen molar-refractivity contribution in [1.29, 1.82) is 0 Å². The van der Waals surface area contributed by atoms with E-state index in [2.05, 4.69) is 16.4 Å². The Morgan fingerprint density at radius 2 is 2.57 bits per heavy atom. The lowest BCUT2D eigenvalue weighted by Gasteiger charge is -2.09. The van der Waals surface area contributed by atoms with Gasteiger partial charge in [-0.1, -0.05) is 6.07 Å². The number of hydrogen-bond acceptors (Lipinski definition) is 3. The molecule has 0 spiro atoms. The third-order valence-electron chi connectivity index (χ3n) is 2.48. The second kappa shape index (κ2) is 5.08. The van der Waals surface area contributed by atoms with Crippen molar-refractivity contribution < 1.29 is 4.74 Å². The molecule has 1 aliphatic rings. The first-order chi connectivity index (χ1) is 6.95. The zero-order valence-corrected chi connectivity index (χ0v) is 8.28. The molecular formula is C11H16N2O. The van der Waals surface area contributed by atoms with Crippen LogP contribution < -0.4 is 5.32 Å². The second-order valence-electron chi connectivity index (χ2n) is 3.60. The number of pyridine rings is 1. The molecule has 1 fully saturated rings. The minimum atomic E-state index is 0.423. The maximum absolute atomic E-state index is 5.72. The fraction of sp³-hybridized carbons (Fsp3) is 0.545. The molecule has 0 radical (unpaired) electrons. The predicted molar refractivity (Wildman–Crippen MR) is 55.2 cm³/mol. The number of rotatable bonds is 4. The monoisotopic (exact) mass is 192 g/mol. The summed E-state index contributed by atoms with van der Waals surface area (Å²) in [5, 5.41) is 3.28. The van der Waals surface area contributed by atoms with E-state index in [1.807, 2.05) is 12.3 Å². The molecule has 3 heteroatoms. The van der Waals surface area contributed by atoms with Crippen molar-refractivity contribution >= 4 is 0 Å². The fourth-order valence-corrected chi connectivity index (χ4v) is 1.66. The maximum atomic E-state index is 5.72. The van der Waals surface area contributed by atoms with Gasteiger partial charge < -0.3 is 10.1 Å². The summed E-state index contributed by atoms with van der Waals surface area (Å²) in [7, 11) is 0. The Hall–Kier alpha value is -0.930. The summed E-state index contributed by atoms with van der Waals surface area (Å²) < 4.78 is 5.72. The van der Waals surface area contributed by atoms with E-state index < -0.39 is 0 Å². The molecule has 1 atom stereocenters. The molecule has 0 amide bonds. The predicted octanol–water partition coefficient (Wildman–Crippen LogP) is 1.00. The average molecular weight is 192 g/mol. The van der Waals surface area contributed by atoms with Gasteiger partial charge in [0.2, 0.25) is 0 Å². The lowest BCUT2D eigenvalue weighted by Crippen LogP contribution is -2.17. The molecule has 1 saturated heterocycles. The largest absolute Gasteiger partial charge is 0.377 e. The van der Waals surface area contributed by atoms with Gasteiger partial charge in [0.05, 0.1) is 12.7 Å². The Balaban J connectivity index is 1.67. The molecule has 0 aliphatic carbocycles. The second-order valence-corrected chi connectivity index (χ2v) is 3.60. The minimum absolute atomic E-state index is 0.423. The highest BCUT2D eigenvalue weighted by molar-refractivity contribution is 5.08. The zero-order chi connectivity index (χ0) is 9.64. The Morgan fingerprint density at radius 1 is 1.57 bits per heavy atom. The molecule has 1 aliphatic heterocycles. The quantitative estimate of drug-likeness (QED) is 0.773. The van der Waals surface area contributed by atoms with E-state index in [1.54, 1.807) is 6.20 Å². The zero-order valence-electron chi connectivity index (χ0n) is 8.28. The average Bonchev–Trinajstić information content (AvgIpc) is 2.72. The van der Waals surface area contributed by atoms with Gasteiger partial charge in [-0.2, -0.15) is 0 Å². The van der Waals surface area contributed by atoms with Crippen LogP contribution in [0, 0.1) is 0 Å². The highest BCUT2D eigenvalue weighted by Crippen LogP contribution is 2.04. The molecule has 0 saturated carbocycles. The Kier molecular flexibility index (Phi) is 3.49. The molecule has 76 valence electrons. The van der Waals surface area contributed by atoms with Gasteiger partial charge >= 0.3 is 0 Å². The smallest absolute Gasteiger partial charge is 0.0711 e. The van der Waals surface area contributed by atoms with Crippen LogP contribution in [0.15, 0.2) is 24.5 Å². The van der Waals surface area contributed by atoms with Gasteiger partial charge in [-0.3, -0.25) is 4.98 Å². The molecule has 1 aromatic rings. The molecule has 3 nitrogen and oxygen atoms in total. The number of nitrogens with one attached hydrogen (secondary N) is 1. The van der Waals surface area contributed by atoms with Gasteiger partial charge in [-0.05, 0) is 31.0 Å². The van der Waals surface area contributed by atoms with Crippen LogP contribution in [0.3, 0.4) is 0 Å². The first kappa shape index (κ1) is 9.62. The Morgan fingerprint density at radius 3 is 3.29 bits per heavy atom. The summed E-state index contributed by atoms with van der Waals surface area (Å²) in [6.45, 7) is 2.91. The number of hydrogen-bond donors (Lipinski definition) is 1. The van der Waals surface area contributed by atoms with Gasteiger partial charge in [-0.15, -0.1) is 0 Å². The van der Waals surface area contributed by atoms with E-state index >= 15 is 0 Å². The first-order valence-electron chi connectivity index (χ1n) is 5.16. The van der Waals surface area contributed by atoms with Crippen LogP contribution in [0.1, 0.15) is 12.0 Å². The van der Waals surface area contributed by atoms with Crippen LogP contribution in [0.25, 0.3) is 0 Å². The topological polar surface area (TPSA) is 34.1 Å². The summed E-state index contributed by atoms with van der Waals surface area (Å²) in [5.74, 6) is 0. The summed E-state index contributed by atoms with van der Waals surface area (Å²) in [5.41, 5.74) is 1.25. The summed E-state index contributed by atoms with van der Waals surface area (Å²) in [4.78, 5) is 4.07. The molecule has 1 unspecified atom stereocenters. The molecule has 1 aromatic heterocycles. The summed E-state index contributed by atoms with van der Waals surface area (Å²) >= 11 is 0. The van der Waals surface area contributed by atoms with Crippen LogP contribution in [0.5, 0.6) is 0 Å². The summed E-state index contributed by atoms with van der Waals surface area (Å²) in [6, 6.07) is 4.05. The van der Waals surface area contributed by atoms with Crippen LogP contribution in [-0.4, -0.2) is 30.8 Å². The molecule has 0 bridgehead atoms. The van der Waals surface area contributed by atoms with Crippen molar-refractivity contribution in [2.45, 2.75) is 18.9 Å². The standard InChI is InChI=1S/C11H16N2O/c1-2-10(8-12-5-1)4-7-14-11-3-6-13-9-11/h1-2,5,8,11,13H,3-4,6-7,9H2. The molecule has 2 heterocycles. The van der Waals surface area contributed by atoms with Crippen molar-refractivity contribution in [2.24, 2.45) is 0 Å². The van der Waals surface area contributed by atoms with Crippen LogP contribution in [0.4, 0.5) is 0 Å². The maximum Gasteiger partial charge on any atom is 0.0711 e. The Labute approximate surface area is 84.5 Å². The van der Waals surface area contributed by atoms with E-state index in [-0.39, 0.29) is 0 Å². The molecular weight excluding hydrogens is 176 g/mol. The van der Waals surface area contributed by atoms with E-state index in [4.69, 9.17) is 4.74 Å². The van der Waals surface area contributed by atoms with Crippen molar-refractivity contribution in [1.82, 2.24) is 10.3 Å². The number of aromatic nitrogens is 1. The fourth-order valence-electron chi connectivity index (χ4n) is 1.66. The van der Waals surface area contributed by atoms with Gasteiger partial charge in [0.1, 0.15) is 0 Å². The van der Waals surface area contributed by atoms with E-state index in [1.165, 1.54) is 5.56 Å². The van der Waals surface area contributed by atoms with Gasteiger partial charge in [-0.25, -0.2) is 0 Å². The molecule has 2 rings (SSSR count). The minimum Gasteiger partial charge on any atom is -0.377 e. The van der Waals surface area contributed by atoms with Crippen LogP contribution in [-0.2, 0) is 11.2 Å². The van der Waals surface area contributed by atoms with Gasteiger partial charge in [0.15, 0.2) is 0 Å². The van der Waals surface area contributed by atoms with Gasteiger partial charge in [0, 0.05) is 18.9 Å². The highest BCUT2D eigenvalue weighted by Gasteiger charge is 2.13. The molecule has 14 heavy (non-hydrogen) atoms. The third-order valence-corrected chi connectivity index (χ3v) is 2.48. The van der Waals surface area contributed by atoms with Crippen molar-refractivity contribution in [2.75, 3.05) is 19.7 Å². The number of nitrogens with zero attached hydrogens (tertiary/aromatic N) is 1. The Bertz CT molecular complexity index is 257. The van der Waals surface area contributed by atoms with Crippen LogP contribution in [0.2, 0.25) is 0 Å². The summed E-state index contributed by atoms with van der Waals surface area (Å²) in [6.07, 6.45) is 6.23. The normalized spacial score (nSPS) is 21.3. The van der Waals surface area contributed by atoms with Gasteiger partial charge in [0.25, 0.3) is 0 Å². The number of ether oxygens (including phenoxy) is 1. The molecule has 0 aromatic carbocycles. The third kappa shape index (κ3) is 2.79. The van der Waals surface area contributed by atoms with Crippen molar-refractivity contribution in [3.63, 3.8) is 0 Å². The first-order valence-corrected chi connectivity index (χ1v) is 5.16. The van der Waals surface area contributed by atoms with Crippen molar-refractivity contribution in [3.05, 3.63) is 30.1 Å². The lowest BCUT2D eigenvalue weighted by atomic mass is 10.2. The van der Waals surface area contributed by atoms with Crippen molar-refractivity contribution in [3.8, 4) is 0 Å². The lowest BCUT2D eigenvalue weighted by molar-refractivity contribution is 0.0694. The van der Waals surface area contributed by atoms with E-state index in [9.17, 15) is 0 Å². The van der Waals surface area contributed by atoms with Crippen LogP contribution >= 0.6 is 0 Å². The van der Waals surface area contributed by atoms with E-state index in [0.717, 1.165) is 32.5 Å².